The van der Waals surface area contributed by atoms with Crippen molar-refractivity contribution in [1.29, 1.82) is 0 Å². The second-order valence-corrected chi connectivity index (χ2v) is 4.90. The van der Waals surface area contributed by atoms with Crippen molar-refractivity contribution in [3.63, 3.8) is 0 Å². The smallest absolute Gasteiger partial charge is 0.210 e. The van der Waals surface area contributed by atoms with Gasteiger partial charge < -0.3 is 9.64 Å². The quantitative estimate of drug-likeness (QED) is 0.723. The summed E-state index contributed by atoms with van der Waals surface area (Å²) in [6.45, 7) is 1.25. The van der Waals surface area contributed by atoms with Crippen molar-refractivity contribution < 1.29 is 9.53 Å². The van der Waals surface area contributed by atoms with Gasteiger partial charge in [-0.1, -0.05) is 43.2 Å². The second-order valence-electron chi connectivity index (χ2n) is 4.90. The molecule has 0 atom stereocenters. The molecule has 1 amide bonds. The molecule has 1 aromatic carbocycles. The molecule has 3 nitrogen and oxygen atoms in total. The molecule has 0 heterocycles. The number of carbonyl (C=O) groups is 1. The minimum absolute atomic E-state index is 0.110. The Morgan fingerprint density at radius 2 is 1.94 bits per heavy atom. The van der Waals surface area contributed by atoms with Gasteiger partial charge in [-0.2, -0.15) is 0 Å². The Hall–Kier alpha value is -1.35. The predicted molar refractivity (Wildman–Crippen MR) is 71.2 cm³/mol. The van der Waals surface area contributed by atoms with Crippen LogP contribution in [0.5, 0.6) is 0 Å². The van der Waals surface area contributed by atoms with E-state index >= 15 is 0 Å². The third-order valence-electron chi connectivity index (χ3n) is 3.96. The molecule has 0 aromatic heterocycles. The number of nitrogens with zero attached hydrogens (tertiary/aromatic N) is 1. The highest BCUT2D eigenvalue weighted by Crippen LogP contribution is 2.43. The first-order valence-corrected chi connectivity index (χ1v) is 6.60. The molecule has 0 saturated heterocycles. The Labute approximate surface area is 109 Å². The van der Waals surface area contributed by atoms with Gasteiger partial charge in [0.05, 0.1) is 12.1 Å². The summed E-state index contributed by atoms with van der Waals surface area (Å²) >= 11 is 0. The molecule has 18 heavy (non-hydrogen) atoms. The monoisotopic (exact) mass is 247 g/mol. The van der Waals surface area contributed by atoms with Crippen molar-refractivity contribution >= 4 is 6.41 Å². The molecule has 0 N–H and O–H groups in total. The summed E-state index contributed by atoms with van der Waals surface area (Å²) in [5, 5.41) is 0. The van der Waals surface area contributed by atoms with E-state index in [0.29, 0.717) is 13.2 Å². The lowest BCUT2D eigenvalue weighted by Gasteiger charge is -2.39. The molecule has 1 saturated carbocycles. The van der Waals surface area contributed by atoms with Crippen molar-refractivity contribution in [2.75, 3.05) is 20.3 Å². The number of hydrogen-bond acceptors (Lipinski definition) is 2. The molecule has 1 fully saturated rings. The highest BCUT2D eigenvalue weighted by molar-refractivity contribution is 5.51. The molecule has 0 radical (unpaired) electrons. The zero-order valence-corrected chi connectivity index (χ0v) is 11.0. The Bertz CT molecular complexity index is 371. The first-order valence-electron chi connectivity index (χ1n) is 6.60. The van der Waals surface area contributed by atoms with Crippen molar-refractivity contribution in [3.8, 4) is 0 Å². The van der Waals surface area contributed by atoms with Crippen LogP contribution in [0.15, 0.2) is 30.3 Å². The fourth-order valence-corrected chi connectivity index (χ4v) is 3.01. The van der Waals surface area contributed by atoms with E-state index in [2.05, 4.69) is 24.3 Å². The second kappa shape index (κ2) is 6.01. The maximum atomic E-state index is 11.4. The van der Waals surface area contributed by atoms with Gasteiger partial charge in [-0.25, -0.2) is 0 Å². The number of carbonyl (C=O) groups excluding carboxylic acids is 1. The van der Waals surface area contributed by atoms with E-state index in [1.807, 2.05) is 11.0 Å². The van der Waals surface area contributed by atoms with Gasteiger partial charge in [-0.3, -0.25) is 4.79 Å². The minimum atomic E-state index is -0.110. The first-order chi connectivity index (χ1) is 8.83. The van der Waals surface area contributed by atoms with E-state index in [0.717, 1.165) is 19.3 Å². The highest BCUT2D eigenvalue weighted by atomic mass is 16.5. The van der Waals surface area contributed by atoms with Crippen molar-refractivity contribution in [1.82, 2.24) is 4.90 Å². The van der Waals surface area contributed by atoms with E-state index in [1.54, 1.807) is 7.11 Å². The number of hydrogen-bond donors (Lipinski definition) is 0. The van der Waals surface area contributed by atoms with E-state index in [4.69, 9.17) is 4.74 Å². The normalized spacial score (nSPS) is 17.6. The van der Waals surface area contributed by atoms with Crippen LogP contribution in [0.3, 0.4) is 0 Å². The number of methoxy groups -OCH3 is 1. The van der Waals surface area contributed by atoms with E-state index in [-0.39, 0.29) is 5.54 Å². The molecular weight excluding hydrogens is 226 g/mol. The lowest BCUT2D eigenvalue weighted by Crippen LogP contribution is -2.45. The van der Waals surface area contributed by atoms with Gasteiger partial charge in [0.2, 0.25) is 6.41 Å². The molecular formula is C15H21NO2. The van der Waals surface area contributed by atoms with Gasteiger partial charge in [0.25, 0.3) is 0 Å². The van der Waals surface area contributed by atoms with Gasteiger partial charge >= 0.3 is 0 Å². The lowest BCUT2D eigenvalue weighted by molar-refractivity contribution is -0.125. The van der Waals surface area contributed by atoms with E-state index in [9.17, 15) is 4.79 Å². The maximum absolute atomic E-state index is 11.4. The maximum Gasteiger partial charge on any atom is 0.210 e. The van der Waals surface area contributed by atoms with Crippen LogP contribution < -0.4 is 0 Å². The highest BCUT2D eigenvalue weighted by Gasteiger charge is 2.40. The van der Waals surface area contributed by atoms with E-state index in [1.165, 1.54) is 18.4 Å². The fourth-order valence-electron chi connectivity index (χ4n) is 3.01. The van der Waals surface area contributed by atoms with Crippen LogP contribution in [0.4, 0.5) is 0 Å². The fraction of sp³-hybridized carbons (Fsp3) is 0.533. The SMILES string of the molecule is COCCN(C=O)C1(c2ccccc2)CCCC1. The van der Waals surface area contributed by atoms with Crippen LogP contribution in [0, 0.1) is 0 Å². The van der Waals surface area contributed by atoms with Crippen LogP contribution >= 0.6 is 0 Å². The van der Waals surface area contributed by atoms with Crippen LogP contribution in [-0.4, -0.2) is 31.6 Å². The Kier molecular flexibility index (Phi) is 4.37. The van der Waals surface area contributed by atoms with Gasteiger partial charge in [-0.15, -0.1) is 0 Å². The standard InChI is InChI=1S/C15H21NO2/c1-18-12-11-16(13-17)15(9-5-6-10-15)14-7-3-2-4-8-14/h2-4,7-8,13H,5-6,9-12H2,1H3. The zero-order chi connectivity index (χ0) is 12.8. The average molecular weight is 247 g/mol. The summed E-state index contributed by atoms with van der Waals surface area (Å²) < 4.78 is 5.11. The van der Waals surface area contributed by atoms with Crippen LogP contribution in [0.1, 0.15) is 31.2 Å². The predicted octanol–water partition coefficient (Wildman–Crippen LogP) is 2.56. The molecule has 1 aliphatic carbocycles. The molecule has 3 heteroatoms. The van der Waals surface area contributed by atoms with Crippen LogP contribution in [0.2, 0.25) is 0 Å². The molecule has 0 bridgehead atoms. The largest absolute Gasteiger partial charge is 0.383 e. The Balaban J connectivity index is 2.28. The molecule has 1 aromatic rings. The zero-order valence-electron chi connectivity index (χ0n) is 11.0. The minimum Gasteiger partial charge on any atom is -0.383 e. The topological polar surface area (TPSA) is 29.5 Å². The number of ether oxygens (including phenoxy) is 1. The molecule has 98 valence electrons. The van der Waals surface area contributed by atoms with E-state index < -0.39 is 0 Å². The number of amides is 1. The summed E-state index contributed by atoms with van der Waals surface area (Å²) in [5.41, 5.74) is 1.15. The van der Waals surface area contributed by atoms with Crippen molar-refractivity contribution in [3.05, 3.63) is 35.9 Å². The summed E-state index contributed by atoms with van der Waals surface area (Å²) in [6, 6.07) is 10.4. The Morgan fingerprint density at radius 3 is 2.50 bits per heavy atom. The third-order valence-corrected chi connectivity index (χ3v) is 3.96. The molecule has 2 rings (SSSR count). The summed E-state index contributed by atoms with van der Waals surface area (Å²) in [4.78, 5) is 13.4. The van der Waals surface area contributed by atoms with Gasteiger partial charge in [-0.05, 0) is 18.4 Å². The summed E-state index contributed by atoms with van der Waals surface area (Å²) in [6.07, 6.45) is 5.47. The van der Waals surface area contributed by atoms with Gasteiger partial charge in [0, 0.05) is 13.7 Å². The molecule has 0 aliphatic heterocycles. The number of benzene rings is 1. The van der Waals surface area contributed by atoms with Crippen molar-refractivity contribution in [2.45, 2.75) is 31.2 Å². The van der Waals surface area contributed by atoms with Crippen LogP contribution in [0.25, 0.3) is 0 Å². The molecule has 1 aliphatic rings. The number of rotatable bonds is 6. The van der Waals surface area contributed by atoms with Gasteiger partial charge in [0.15, 0.2) is 0 Å². The first kappa shape index (κ1) is 13.1. The lowest BCUT2D eigenvalue weighted by atomic mass is 9.86. The molecule has 0 spiro atoms. The third kappa shape index (κ3) is 2.41. The summed E-state index contributed by atoms with van der Waals surface area (Å²) in [5.74, 6) is 0. The molecule has 0 unspecified atom stereocenters. The van der Waals surface area contributed by atoms with Crippen molar-refractivity contribution in [2.24, 2.45) is 0 Å². The Morgan fingerprint density at radius 1 is 1.28 bits per heavy atom. The summed E-state index contributed by atoms with van der Waals surface area (Å²) in [7, 11) is 1.67. The van der Waals surface area contributed by atoms with Gasteiger partial charge in [0.1, 0.15) is 0 Å². The average Bonchev–Trinajstić information content (AvgIpc) is 2.91. The van der Waals surface area contributed by atoms with Crippen LogP contribution in [-0.2, 0) is 15.1 Å².